The largest absolute Gasteiger partial charge is 0.344 e. The summed E-state index contributed by atoms with van der Waals surface area (Å²) in [7, 11) is 0. The Labute approximate surface area is 201 Å². The highest BCUT2D eigenvalue weighted by molar-refractivity contribution is 6.32. The first-order valence-corrected chi connectivity index (χ1v) is 11.0. The number of hydrogen-bond acceptors (Lipinski definition) is 6. The molecule has 0 aliphatic rings. The quantitative estimate of drug-likeness (QED) is 0.164. The highest BCUT2D eigenvalue weighted by Gasteiger charge is 2.35. The predicted octanol–water partition coefficient (Wildman–Crippen LogP) is 3.04. The lowest BCUT2D eigenvalue weighted by Crippen LogP contribution is -2.50. The van der Waals surface area contributed by atoms with Crippen LogP contribution in [-0.2, 0) is 20.8 Å². The van der Waals surface area contributed by atoms with Gasteiger partial charge in [-0.05, 0) is 30.0 Å². The summed E-state index contributed by atoms with van der Waals surface area (Å²) in [5, 5.41) is 23.9. The van der Waals surface area contributed by atoms with Crippen LogP contribution in [0, 0.1) is 22.0 Å². The van der Waals surface area contributed by atoms with Crippen molar-refractivity contribution in [3.8, 4) is 0 Å². The van der Waals surface area contributed by atoms with Crippen LogP contribution in [0.5, 0.6) is 0 Å². The first-order valence-electron chi connectivity index (χ1n) is 10.6. The molecule has 0 unspecified atom stereocenters. The number of amides is 3. The summed E-state index contributed by atoms with van der Waals surface area (Å²) >= 11 is 6.14. The van der Waals surface area contributed by atoms with Crippen molar-refractivity contribution in [2.24, 2.45) is 11.8 Å². The van der Waals surface area contributed by atoms with Crippen LogP contribution in [-0.4, -0.2) is 39.3 Å². The number of halogens is 1. The molecule has 182 valence electrons. The Hall–Kier alpha value is -3.50. The van der Waals surface area contributed by atoms with Crippen molar-refractivity contribution in [3.05, 3.63) is 70.3 Å². The summed E-state index contributed by atoms with van der Waals surface area (Å²) < 4.78 is 0. The van der Waals surface area contributed by atoms with Gasteiger partial charge in [0.25, 0.3) is 11.6 Å². The number of hydroxylamine groups is 1. The van der Waals surface area contributed by atoms with Crippen molar-refractivity contribution in [1.29, 1.82) is 0 Å². The third kappa shape index (κ3) is 7.82. The number of alkyl halides is 1. The van der Waals surface area contributed by atoms with E-state index >= 15 is 0 Å². The fourth-order valence-corrected chi connectivity index (χ4v) is 3.61. The molecule has 2 aromatic rings. The number of nitro groups is 1. The summed E-state index contributed by atoms with van der Waals surface area (Å²) in [6.07, 6.45) is 0.272. The second-order valence-corrected chi connectivity index (χ2v) is 8.63. The van der Waals surface area contributed by atoms with Gasteiger partial charge >= 0.3 is 0 Å². The van der Waals surface area contributed by atoms with Crippen LogP contribution >= 0.6 is 11.6 Å². The monoisotopic (exact) mass is 490 g/mol. The van der Waals surface area contributed by atoms with Gasteiger partial charge in [0, 0.05) is 24.2 Å². The van der Waals surface area contributed by atoms with Crippen LogP contribution in [0.1, 0.15) is 25.8 Å². The highest BCUT2D eigenvalue weighted by atomic mass is 35.5. The van der Waals surface area contributed by atoms with Crippen LogP contribution in [0.3, 0.4) is 0 Å². The van der Waals surface area contributed by atoms with E-state index in [2.05, 4.69) is 10.6 Å². The van der Waals surface area contributed by atoms with Gasteiger partial charge in [0.05, 0.1) is 10.8 Å². The Morgan fingerprint density at radius 2 is 1.62 bits per heavy atom. The van der Waals surface area contributed by atoms with Gasteiger partial charge in [-0.2, -0.15) is 0 Å². The lowest BCUT2D eigenvalue weighted by atomic mass is 9.92. The Balaban J connectivity index is 2.28. The zero-order chi connectivity index (χ0) is 25.3. The van der Waals surface area contributed by atoms with E-state index in [-0.39, 0.29) is 24.4 Å². The zero-order valence-electron chi connectivity index (χ0n) is 18.7. The molecular formula is C23H27ClN4O6. The average Bonchev–Trinajstić information content (AvgIpc) is 2.81. The molecule has 0 saturated carbocycles. The van der Waals surface area contributed by atoms with Crippen molar-refractivity contribution in [2.75, 3.05) is 5.32 Å². The van der Waals surface area contributed by atoms with Crippen molar-refractivity contribution in [1.82, 2.24) is 10.8 Å². The van der Waals surface area contributed by atoms with E-state index in [9.17, 15) is 24.5 Å². The molecule has 2 aromatic carbocycles. The van der Waals surface area contributed by atoms with Crippen LogP contribution in [0.25, 0.3) is 0 Å². The minimum absolute atomic E-state index is 0.00485. The van der Waals surface area contributed by atoms with E-state index < -0.39 is 40.0 Å². The molecule has 4 N–H and O–H groups in total. The Morgan fingerprint density at radius 3 is 2.15 bits per heavy atom. The lowest BCUT2D eigenvalue weighted by Gasteiger charge is -2.25. The van der Waals surface area contributed by atoms with E-state index in [0.29, 0.717) is 11.3 Å². The van der Waals surface area contributed by atoms with E-state index in [4.69, 9.17) is 16.8 Å². The SMILES string of the molecule is CC(C)C[C@@H](C(=O)N[C@@H](Cc1ccc([N+](=O)[O-])cc1)C(=O)Nc1ccccc1)[C@@H](Cl)C(=O)NO. The molecule has 3 atom stereocenters. The molecule has 0 heterocycles. The fourth-order valence-electron chi connectivity index (χ4n) is 3.34. The topological polar surface area (TPSA) is 151 Å². The molecule has 0 radical (unpaired) electrons. The Kier molecular flexibility index (Phi) is 9.96. The molecule has 10 nitrogen and oxygen atoms in total. The molecule has 0 aliphatic heterocycles. The van der Waals surface area contributed by atoms with Gasteiger partial charge in [-0.1, -0.05) is 44.2 Å². The van der Waals surface area contributed by atoms with E-state index in [1.54, 1.807) is 30.3 Å². The van der Waals surface area contributed by atoms with E-state index in [0.717, 1.165) is 0 Å². The summed E-state index contributed by atoms with van der Waals surface area (Å²) in [5.41, 5.74) is 2.45. The zero-order valence-corrected chi connectivity index (χ0v) is 19.5. The highest BCUT2D eigenvalue weighted by Crippen LogP contribution is 2.22. The van der Waals surface area contributed by atoms with E-state index in [1.807, 2.05) is 13.8 Å². The number of rotatable bonds is 11. The number of nitrogens with one attached hydrogen (secondary N) is 3. The summed E-state index contributed by atoms with van der Waals surface area (Å²) in [6.45, 7) is 3.69. The number of nitrogens with zero attached hydrogens (tertiary/aromatic N) is 1. The molecule has 0 spiro atoms. The van der Waals surface area contributed by atoms with Gasteiger partial charge in [-0.15, -0.1) is 11.6 Å². The third-order valence-corrected chi connectivity index (χ3v) is 5.54. The maximum absolute atomic E-state index is 13.1. The van der Waals surface area contributed by atoms with Crippen LogP contribution < -0.4 is 16.1 Å². The number of hydrogen-bond donors (Lipinski definition) is 4. The number of non-ortho nitro benzene ring substituents is 1. The number of benzene rings is 2. The molecule has 0 bridgehead atoms. The lowest BCUT2D eigenvalue weighted by molar-refractivity contribution is -0.384. The van der Waals surface area contributed by atoms with Crippen molar-refractivity contribution in [3.63, 3.8) is 0 Å². The summed E-state index contributed by atoms with van der Waals surface area (Å²) in [6, 6.07) is 13.2. The van der Waals surface area contributed by atoms with E-state index in [1.165, 1.54) is 29.7 Å². The molecular weight excluding hydrogens is 464 g/mol. The third-order valence-electron chi connectivity index (χ3n) is 5.04. The molecule has 0 aliphatic carbocycles. The molecule has 34 heavy (non-hydrogen) atoms. The number of carbonyl (C=O) groups excluding carboxylic acids is 3. The number of nitro benzene ring substituents is 1. The first kappa shape index (κ1) is 26.7. The molecule has 0 saturated heterocycles. The van der Waals surface area contributed by atoms with Gasteiger partial charge in [-0.3, -0.25) is 29.7 Å². The molecule has 3 amide bonds. The first-order chi connectivity index (χ1) is 16.1. The number of anilines is 1. The maximum atomic E-state index is 13.1. The Morgan fingerprint density at radius 1 is 1.00 bits per heavy atom. The minimum atomic E-state index is -1.36. The van der Waals surface area contributed by atoms with Crippen molar-refractivity contribution >= 4 is 40.7 Å². The predicted molar refractivity (Wildman–Crippen MR) is 126 cm³/mol. The molecule has 11 heteroatoms. The standard InChI is InChI=1S/C23H27ClN4O6/c1-14(2)12-18(20(24)23(31)27-32)21(29)26-19(22(30)25-16-6-4-3-5-7-16)13-15-8-10-17(11-9-15)28(33)34/h3-11,14,18-20,32H,12-13H2,1-2H3,(H,25,30)(H,26,29)(H,27,31)/t18-,19+,20-/m1/s1. The summed E-state index contributed by atoms with van der Waals surface area (Å²) in [4.78, 5) is 48.4. The molecule has 2 rings (SSSR count). The minimum Gasteiger partial charge on any atom is -0.344 e. The van der Waals surface area contributed by atoms with Crippen LogP contribution in [0.15, 0.2) is 54.6 Å². The van der Waals surface area contributed by atoms with Gasteiger partial charge in [0.1, 0.15) is 11.4 Å². The molecule has 0 aromatic heterocycles. The smallest absolute Gasteiger partial charge is 0.269 e. The Bertz CT molecular complexity index is 1000. The van der Waals surface area contributed by atoms with Crippen molar-refractivity contribution < 1.29 is 24.5 Å². The fraction of sp³-hybridized carbons (Fsp3) is 0.348. The maximum Gasteiger partial charge on any atom is 0.269 e. The van der Waals surface area contributed by atoms with Crippen LogP contribution in [0.2, 0.25) is 0 Å². The van der Waals surface area contributed by atoms with Crippen LogP contribution in [0.4, 0.5) is 11.4 Å². The second-order valence-electron chi connectivity index (χ2n) is 8.16. The van der Waals surface area contributed by atoms with Crippen molar-refractivity contribution in [2.45, 2.75) is 38.1 Å². The summed E-state index contributed by atoms with van der Waals surface area (Å²) in [5.74, 6) is -3.10. The van der Waals surface area contributed by atoms with Gasteiger partial charge < -0.3 is 10.6 Å². The second kappa shape index (κ2) is 12.7. The number of para-hydroxylation sites is 1. The van der Waals surface area contributed by atoms with Gasteiger partial charge in [-0.25, -0.2) is 5.48 Å². The van der Waals surface area contributed by atoms with Gasteiger partial charge in [0.15, 0.2) is 0 Å². The van der Waals surface area contributed by atoms with Gasteiger partial charge in [0.2, 0.25) is 11.8 Å². The average molecular weight is 491 g/mol. The number of carbonyl (C=O) groups is 3. The normalized spacial score (nSPS) is 13.4. The molecule has 0 fully saturated rings.